The molecule has 0 aliphatic carbocycles. The van der Waals surface area contributed by atoms with Gasteiger partial charge >= 0.3 is 5.97 Å². The first-order valence-electron chi connectivity index (χ1n) is 14.2. The average molecular weight is 569 g/mol. The largest absolute Gasteiger partial charge is 0.466 e. The molecule has 4 aromatic carbocycles. The van der Waals surface area contributed by atoms with Gasteiger partial charge < -0.3 is 14.8 Å². The SMILES string of the molecule is CCOCC(CCC(=O)OCC)NC(=O)c1ccc(C[P+](c2ccccc2)(c2ccccc2)c2ccccc2)cc1. The van der Waals surface area contributed by atoms with E-state index in [1.807, 2.05) is 19.1 Å². The monoisotopic (exact) mass is 568 g/mol. The number of ether oxygens (including phenoxy) is 2. The highest BCUT2D eigenvalue weighted by atomic mass is 31.2. The highest BCUT2D eigenvalue weighted by Crippen LogP contribution is 2.58. The lowest BCUT2D eigenvalue weighted by atomic mass is 10.1. The van der Waals surface area contributed by atoms with Gasteiger partial charge in [-0.05, 0) is 74.4 Å². The minimum Gasteiger partial charge on any atom is -0.466 e. The van der Waals surface area contributed by atoms with Crippen LogP contribution in [0.25, 0.3) is 0 Å². The van der Waals surface area contributed by atoms with Crippen molar-refractivity contribution in [3.05, 3.63) is 126 Å². The first-order valence-corrected chi connectivity index (χ1v) is 16.2. The van der Waals surface area contributed by atoms with Crippen LogP contribution in [0.3, 0.4) is 0 Å². The van der Waals surface area contributed by atoms with Crippen molar-refractivity contribution in [2.75, 3.05) is 19.8 Å². The molecule has 0 radical (unpaired) electrons. The summed E-state index contributed by atoms with van der Waals surface area (Å²) in [7, 11) is -2.03. The number of benzene rings is 4. The fourth-order valence-electron chi connectivity index (χ4n) is 5.06. The van der Waals surface area contributed by atoms with Crippen LogP contribution in [0.4, 0.5) is 0 Å². The van der Waals surface area contributed by atoms with Crippen molar-refractivity contribution in [2.24, 2.45) is 0 Å². The molecule has 6 heteroatoms. The van der Waals surface area contributed by atoms with Crippen molar-refractivity contribution in [2.45, 2.75) is 38.9 Å². The van der Waals surface area contributed by atoms with Gasteiger partial charge in [-0.25, -0.2) is 0 Å². The van der Waals surface area contributed by atoms with Crippen LogP contribution in [0.15, 0.2) is 115 Å². The molecule has 4 rings (SSSR count). The summed E-state index contributed by atoms with van der Waals surface area (Å²) in [6.45, 7) is 4.92. The summed E-state index contributed by atoms with van der Waals surface area (Å²) in [5, 5.41) is 7.00. The molecule has 0 aromatic heterocycles. The normalized spacial score (nSPS) is 12.0. The third-order valence-electron chi connectivity index (χ3n) is 7.09. The summed E-state index contributed by atoms with van der Waals surface area (Å²) in [4.78, 5) is 25.0. The van der Waals surface area contributed by atoms with Gasteiger partial charge in [-0.1, -0.05) is 66.7 Å². The third kappa shape index (κ3) is 7.91. The summed E-state index contributed by atoms with van der Waals surface area (Å²) < 4.78 is 10.6. The summed E-state index contributed by atoms with van der Waals surface area (Å²) in [5.41, 5.74) is 1.74. The van der Waals surface area contributed by atoms with E-state index in [1.54, 1.807) is 6.92 Å². The molecule has 0 aliphatic rings. The Morgan fingerprint density at radius 2 is 1.22 bits per heavy atom. The highest BCUT2D eigenvalue weighted by Gasteiger charge is 2.45. The van der Waals surface area contributed by atoms with E-state index in [9.17, 15) is 9.59 Å². The molecular weight excluding hydrogens is 529 g/mol. The molecule has 0 saturated carbocycles. The minimum absolute atomic E-state index is 0.180. The van der Waals surface area contributed by atoms with Crippen LogP contribution in [0.2, 0.25) is 0 Å². The molecule has 0 aliphatic heterocycles. The van der Waals surface area contributed by atoms with Gasteiger partial charge in [0.05, 0.1) is 25.4 Å². The van der Waals surface area contributed by atoms with Gasteiger partial charge in [0.1, 0.15) is 23.2 Å². The fraction of sp³-hybridized carbons (Fsp3) is 0.257. The molecule has 41 heavy (non-hydrogen) atoms. The topological polar surface area (TPSA) is 64.6 Å². The van der Waals surface area contributed by atoms with E-state index in [4.69, 9.17) is 9.47 Å². The van der Waals surface area contributed by atoms with Gasteiger partial charge in [-0.3, -0.25) is 9.59 Å². The lowest BCUT2D eigenvalue weighted by Gasteiger charge is -2.28. The zero-order valence-corrected chi connectivity index (χ0v) is 24.8. The standard InChI is InChI=1S/C35H38NO4P/c1-3-39-26-30(24-25-34(37)40-4-2)36-35(38)29-22-20-28(21-23-29)27-41(31-14-8-5-9-15-31,32-16-10-6-11-17-32)33-18-12-7-13-19-33/h5-23,30H,3-4,24-27H2,1-2H3/p+1. The van der Waals surface area contributed by atoms with E-state index in [2.05, 4.69) is 108 Å². The lowest BCUT2D eigenvalue weighted by Crippen LogP contribution is -2.38. The van der Waals surface area contributed by atoms with Crippen molar-refractivity contribution in [1.82, 2.24) is 5.32 Å². The second-order valence-electron chi connectivity index (χ2n) is 9.84. The highest BCUT2D eigenvalue weighted by molar-refractivity contribution is 7.95. The molecule has 0 saturated heterocycles. The molecule has 1 unspecified atom stereocenters. The molecule has 0 bridgehead atoms. The third-order valence-corrected chi connectivity index (χ3v) is 11.5. The number of nitrogens with one attached hydrogen (secondary N) is 1. The van der Waals surface area contributed by atoms with Gasteiger partial charge in [0.25, 0.3) is 5.91 Å². The Morgan fingerprint density at radius 3 is 1.68 bits per heavy atom. The Hall–Kier alpha value is -3.79. The second-order valence-corrected chi connectivity index (χ2v) is 13.3. The Balaban J connectivity index is 1.60. The molecule has 1 atom stereocenters. The molecule has 5 nitrogen and oxygen atoms in total. The number of hydrogen-bond donors (Lipinski definition) is 1. The molecule has 1 N–H and O–H groups in total. The van der Waals surface area contributed by atoms with E-state index in [0.29, 0.717) is 31.8 Å². The first kappa shape index (κ1) is 30.2. The van der Waals surface area contributed by atoms with Crippen molar-refractivity contribution in [3.63, 3.8) is 0 Å². The van der Waals surface area contributed by atoms with Gasteiger partial charge in [-0.2, -0.15) is 0 Å². The van der Waals surface area contributed by atoms with Crippen molar-refractivity contribution in [1.29, 1.82) is 0 Å². The van der Waals surface area contributed by atoms with Crippen LogP contribution in [-0.4, -0.2) is 37.7 Å². The van der Waals surface area contributed by atoms with Gasteiger partial charge in [-0.15, -0.1) is 0 Å². The van der Waals surface area contributed by atoms with Crippen LogP contribution in [0.5, 0.6) is 0 Å². The number of esters is 1. The Morgan fingerprint density at radius 1 is 0.707 bits per heavy atom. The Kier molecular flexibility index (Phi) is 11.2. The quantitative estimate of drug-likeness (QED) is 0.158. The summed E-state index contributed by atoms with van der Waals surface area (Å²) in [5.74, 6) is -0.449. The van der Waals surface area contributed by atoms with E-state index >= 15 is 0 Å². The molecule has 0 fully saturated rings. The summed E-state index contributed by atoms with van der Waals surface area (Å²) in [6.07, 6.45) is 1.52. The minimum atomic E-state index is -2.03. The fourth-order valence-corrected chi connectivity index (χ4v) is 9.30. The zero-order valence-electron chi connectivity index (χ0n) is 23.9. The van der Waals surface area contributed by atoms with Crippen molar-refractivity contribution < 1.29 is 19.1 Å². The Labute approximate surface area is 244 Å². The molecule has 0 spiro atoms. The summed E-state index contributed by atoms with van der Waals surface area (Å²) >= 11 is 0. The van der Waals surface area contributed by atoms with Gasteiger partial charge in [0, 0.05) is 18.6 Å². The maximum absolute atomic E-state index is 13.2. The Bertz CT molecular complexity index is 1270. The number of hydrogen-bond acceptors (Lipinski definition) is 4. The zero-order chi connectivity index (χ0) is 28.9. The number of amides is 1. The predicted molar refractivity (Wildman–Crippen MR) is 169 cm³/mol. The molecule has 0 heterocycles. The maximum atomic E-state index is 13.2. The number of carbonyl (C=O) groups excluding carboxylic acids is 2. The maximum Gasteiger partial charge on any atom is 0.305 e. The van der Waals surface area contributed by atoms with Crippen LogP contribution in [0, 0.1) is 0 Å². The molecular formula is C35H39NO4P+. The molecule has 1 amide bonds. The van der Waals surface area contributed by atoms with E-state index in [-0.39, 0.29) is 24.3 Å². The van der Waals surface area contributed by atoms with E-state index in [1.165, 1.54) is 21.5 Å². The van der Waals surface area contributed by atoms with Crippen LogP contribution >= 0.6 is 7.26 Å². The second kappa shape index (κ2) is 15.3. The van der Waals surface area contributed by atoms with Crippen LogP contribution < -0.4 is 21.2 Å². The smallest absolute Gasteiger partial charge is 0.305 e. The first-order chi connectivity index (χ1) is 20.1. The van der Waals surface area contributed by atoms with Gasteiger partial charge in [0.15, 0.2) is 0 Å². The van der Waals surface area contributed by atoms with Crippen molar-refractivity contribution in [3.8, 4) is 0 Å². The average Bonchev–Trinajstić information content (AvgIpc) is 3.03. The summed E-state index contributed by atoms with van der Waals surface area (Å²) in [6, 6.07) is 40.0. The predicted octanol–water partition coefficient (Wildman–Crippen LogP) is 5.66. The van der Waals surface area contributed by atoms with Crippen LogP contribution in [-0.2, 0) is 20.4 Å². The van der Waals surface area contributed by atoms with Gasteiger partial charge in [0.2, 0.25) is 0 Å². The molecule has 4 aromatic rings. The lowest BCUT2D eigenvalue weighted by molar-refractivity contribution is -0.143. The van der Waals surface area contributed by atoms with Crippen molar-refractivity contribution >= 4 is 35.1 Å². The van der Waals surface area contributed by atoms with E-state index < -0.39 is 7.26 Å². The van der Waals surface area contributed by atoms with E-state index in [0.717, 1.165) is 6.16 Å². The number of carbonyl (C=O) groups is 2. The molecule has 212 valence electrons. The van der Waals surface area contributed by atoms with Crippen LogP contribution in [0.1, 0.15) is 42.6 Å². The number of rotatable bonds is 14.